The van der Waals surface area contributed by atoms with E-state index in [-0.39, 0.29) is 23.7 Å². The molecule has 0 spiro atoms. The minimum absolute atomic E-state index is 0. The number of likely N-dealkylation sites (N-methyl/N-ethyl adjacent to an activating group) is 1. The van der Waals surface area contributed by atoms with E-state index in [0.717, 1.165) is 6.54 Å². The Morgan fingerprint density at radius 1 is 1.08 bits per heavy atom. The number of nitrogens with one attached hydrogen (secondary N) is 1. The van der Waals surface area contributed by atoms with Gasteiger partial charge in [-0.15, -0.1) is 12.4 Å². The molecule has 0 bridgehead atoms. The van der Waals surface area contributed by atoms with Gasteiger partial charge in [0.05, 0.1) is 16.3 Å². The number of carbonyl (C=O) groups excluding carboxylic acids is 1. The van der Waals surface area contributed by atoms with E-state index in [1.165, 1.54) is 0 Å². The van der Waals surface area contributed by atoms with Gasteiger partial charge in [-0.25, -0.2) is 0 Å². The number of amides is 1. The van der Waals surface area contributed by atoms with Crippen LogP contribution in [0.3, 0.4) is 0 Å². The molecule has 126 valence electrons. The number of halogens is 1. The first-order valence-corrected chi connectivity index (χ1v) is 7.45. The zero-order valence-corrected chi connectivity index (χ0v) is 14.4. The highest BCUT2D eigenvalue weighted by Crippen LogP contribution is 2.21. The van der Waals surface area contributed by atoms with Gasteiger partial charge in [-0.05, 0) is 38.4 Å². The molecule has 1 N–H and O–H groups in total. The summed E-state index contributed by atoms with van der Waals surface area (Å²) in [7, 11) is 3.88. The Kier molecular flexibility index (Phi) is 5.59. The van der Waals surface area contributed by atoms with Crippen LogP contribution in [0.1, 0.15) is 10.4 Å². The molecule has 0 aliphatic carbocycles. The summed E-state index contributed by atoms with van der Waals surface area (Å²) in [6, 6.07) is 12.1. The van der Waals surface area contributed by atoms with E-state index in [4.69, 9.17) is 4.42 Å². The van der Waals surface area contributed by atoms with Crippen molar-refractivity contribution in [1.82, 2.24) is 10.2 Å². The van der Waals surface area contributed by atoms with Crippen LogP contribution in [0.5, 0.6) is 0 Å². The Bertz CT molecular complexity index is 934. The molecule has 5 nitrogen and oxygen atoms in total. The smallest absolute Gasteiger partial charge is 0.255 e. The van der Waals surface area contributed by atoms with Crippen molar-refractivity contribution in [1.29, 1.82) is 0 Å². The lowest BCUT2D eigenvalue weighted by Gasteiger charge is -2.11. The van der Waals surface area contributed by atoms with E-state index in [0.29, 0.717) is 34.0 Å². The molecule has 1 amide bonds. The van der Waals surface area contributed by atoms with Crippen LogP contribution < -0.4 is 10.7 Å². The fourth-order valence-electron chi connectivity index (χ4n) is 2.49. The number of benzene rings is 2. The van der Waals surface area contributed by atoms with E-state index in [2.05, 4.69) is 5.32 Å². The summed E-state index contributed by atoms with van der Waals surface area (Å²) >= 11 is 0. The van der Waals surface area contributed by atoms with Gasteiger partial charge in [0.25, 0.3) is 5.91 Å². The number of hydrogen-bond acceptors (Lipinski definition) is 4. The zero-order valence-electron chi connectivity index (χ0n) is 13.5. The number of fused-ring (bicyclic) bond motifs is 2. The Balaban J connectivity index is 0.00000208. The molecule has 3 aromatic rings. The lowest BCUT2D eigenvalue weighted by Crippen LogP contribution is -2.31. The summed E-state index contributed by atoms with van der Waals surface area (Å²) in [5.41, 5.74) is 1.07. The van der Waals surface area contributed by atoms with Crippen LogP contribution in [0.15, 0.2) is 51.7 Å². The molecule has 0 saturated carbocycles. The van der Waals surface area contributed by atoms with Gasteiger partial charge in [0.1, 0.15) is 5.58 Å². The quantitative estimate of drug-likeness (QED) is 0.738. The van der Waals surface area contributed by atoms with Crippen LogP contribution in [-0.4, -0.2) is 38.0 Å². The largest absolute Gasteiger partial charge is 0.455 e. The Morgan fingerprint density at radius 3 is 2.54 bits per heavy atom. The molecular weight excluding hydrogens is 328 g/mol. The van der Waals surface area contributed by atoms with Crippen molar-refractivity contribution >= 4 is 40.3 Å². The van der Waals surface area contributed by atoms with Gasteiger partial charge >= 0.3 is 0 Å². The summed E-state index contributed by atoms with van der Waals surface area (Å²) in [6.07, 6.45) is 0. The number of nitrogens with zero attached hydrogens (tertiary/aromatic N) is 1. The van der Waals surface area contributed by atoms with E-state index in [1.54, 1.807) is 42.5 Å². The highest BCUT2D eigenvalue weighted by molar-refractivity contribution is 6.06. The van der Waals surface area contributed by atoms with Gasteiger partial charge in [0.15, 0.2) is 5.58 Å². The molecular formula is C18H19ClN2O3. The molecule has 2 aromatic carbocycles. The maximum absolute atomic E-state index is 12.6. The third-order valence-electron chi connectivity index (χ3n) is 3.69. The molecule has 1 aromatic heterocycles. The Hall–Kier alpha value is -2.37. The Morgan fingerprint density at radius 2 is 1.79 bits per heavy atom. The lowest BCUT2D eigenvalue weighted by atomic mass is 10.1. The summed E-state index contributed by atoms with van der Waals surface area (Å²) in [6.45, 7) is 1.27. The number of para-hydroxylation sites is 2. The van der Waals surface area contributed by atoms with Gasteiger partial charge in [-0.2, -0.15) is 0 Å². The lowest BCUT2D eigenvalue weighted by molar-refractivity contribution is 0.0952. The van der Waals surface area contributed by atoms with E-state index < -0.39 is 0 Å². The van der Waals surface area contributed by atoms with Crippen LogP contribution >= 0.6 is 12.4 Å². The molecule has 0 saturated heterocycles. The van der Waals surface area contributed by atoms with Crippen LogP contribution in [-0.2, 0) is 0 Å². The first-order chi connectivity index (χ1) is 11.1. The standard InChI is InChI=1S/C18H18N2O3.ClH/c1-20(2)11-10-19-18(22)14-8-5-7-13-16(21)12-6-3-4-9-15(12)23-17(13)14;/h3-9H,10-11H2,1-2H3,(H,19,22);1H. The second kappa shape index (κ2) is 7.47. The topological polar surface area (TPSA) is 62.6 Å². The van der Waals surface area contributed by atoms with Gasteiger partial charge in [0, 0.05) is 13.1 Å². The minimum Gasteiger partial charge on any atom is -0.455 e. The second-order valence-electron chi connectivity index (χ2n) is 5.67. The first kappa shape index (κ1) is 18.0. The van der Waals surface area contributed by atoms with Crippen molar-refractivity contribution < 1.29 is 9.21 Å². The number of hydrogen-bond donors (Lipinski definition) is 1. The van der Waals surface area contributed by atoms with Crippen LogP contribution in [0, 0.1) is 0 Å². The van der Waals surface area contributed by atoms with Gasteiger partial charge in [-0.1, -0.05) is 18.2 Å². The normalized spacial score (nSPS) is 10.8. The predicted octanol–water partition coefficient (Wildman–Crippen LogP) is 2.66. The molecule has 0 unspecified atom stereocenters. The van der Waals surface area contributed by atoms with Gasteiger partial charge in [0.2, 0.25) is 5.43 Å². The molecule has 6 heteroatoms. The van der Waals surface area contributed by atoms with Crippen molar-refractivity contribution in [3.05, 3.63) is 58.3 Å². The highest BCUT2D eigenvalue weighted by atomic mass is 35.5. The van der Waals surface area contributed by atoms with Crippen molar-refractivity contribution in [3.63, 3.8) is 0 Å². The average molecular weight is 347 g/mol. The molecule has 0 atom stereocenters. The zero-order chi connectivity index (χ0) is 16.4. The van der Waals surface area contributed by atoms with E-state index in [9.17, 15) is 9.59 Å². The fraction of sp³-hybridized carbons (Fsp3) is 0.222. The molecule has 24 heavy (non-hydrogen) atoms. The predicted molar refractivity (Wildman–Crippen MR) is 98.1 cm³/mol. The van der Waals surface area contributed by atoms with Crippen molar-refractivity contribution in [2.24, 2.45) is 0 Å². The maximum Gasteiger partial charge on any atom is 0.255 e. The third-order valence-corrected chi connectivity index (χ3v) is 3.69. The van der Waals surface area contributed by atoms with Crippen molar-refractivity contribution in [2.45, 2.75) is 0 Å². The SMILES string of the molecule is CN(C)CCNC(=O)c1cccc2c(=O)c3ccccc3oc12.Cl. The van der Waals surface area contributed by atoms with Gasteiger partial charge in [-0.3, -0.25) is 9.59 Å². The monoisotopic (exact) mass is 346 g/mol. The van der Waals surface area contributed by atoms with Gasteiger partial charge < -0.3 is 14.6 Å². The summed E-state index contributed by atoms with van der Waals surface area (Å²) in [5.74, 6) is -0.240. The summed E-state index contributed by atoms with van der Waals surface area (Å²) in [5, 5.41) is 3.79. The number of carbonyl (C=O) groups is 1. The van der Waals surface area contributed by atoms with Crippen LogP contribution in [0.2, 0.25) is 0 Å². The molecule has 0 fully saturated rings. The highest BCUT2D eigenvalue weighted by Gasteiger charge is 2.15. The Labute approximate surface area is 145 Å². The van der Waals surface area contributed by atoms with E-state index in [1.807, 2.05) is 19.0 Å². The average Bonchev–Trinajstić information content (AvgIpc) is 2.54. The molecule has 1 heterocycles. The number of rotatable bonds is 4. The summed E-state index contributed by atoms with van der Waals surface area (Å²) in [4.78, 5) is 26.9. The fourth-order valence-corrected chi connectivity index (χ4v) is 2.49. The van der Waals surface area contributed by atoms with Crippen LogP contribution in [0.25, 0.3) is 21.9 Å². The molecule has 0 aliphatic heterocycles. The molecule has 3 rings (SSSR count). The summed E-state index contributed by atoms with van der Waals surface area (Å²) < 4.78 is 5.84. The first-order valence-electron chi connectivity index (χ1n) is 7.45. The molecule has 0 aliphatic rings. The third kappa shape index (κ3) is 3.42. The van der Waals surface area contributed by atoms with Crippen LogP contribution in [0.4, 0.5) is 0 Å². The van der Waals surface area contributed by atoms with Crippen molar-refractivity contribution in [2.75, 3.05) is 27.2 Å². The van der Waals surface area contributed by atoms with E-state index >= 15 is 0 Å². The van der Waals surface area contributed by atoms with Crippen molar-refractivity contribution in [3.8, 4) is 0 Å². The second-order valence-corrected chi connectivity index (χ2v) is 5.67. The molecule has 0 radical (unpaired) electrons. The minimum atomic E-state index is -0.240. The maximum atomic E-state index is 12.6.